The van der Waals surface area contributed by atoms with Gasteiger partial charge >= 0.3 is 5.97 Å². The molecule has 1 amide bonds. The number of hydrogen-bond acceptors (Lipinski definition) is 2. The van der Waals surface area contributed by atoms with Gasteiger partial charge in [-0.2, -0.15) is 0 Å². The van der Waals surface area contributed by atoms with Gasteiger partial charge in [0.25, 0.3) is 0 Å². The van der Waals surface area contributed by atoms with Crippen molar-refractivity contribution >= 4 is 23.5 Å². The van der Waals surface area contributed by atoms with Crippen LogP contribution in [0.3, 0.4) is 0 Å². The molecule has 1 aliphatic carbocycles. The van der Waals surface area contributed by atoms with Gasteiger partial charge in [-0.1, -0.05) is 36.6 Å². The Morgan fingerprint density at radius 2 is 1.82 bits per heavy atom. The molecule has 2 rings (SSSR count). The number of benzene rings is 1. The quantitative estimate of drug-likeness (QED) is 0.806. The molecule has 2 N–H and O–H groups in total. The maximum Gasteiger partial charge on any atom is 0.305 e. The maximum atomic E-state index is 12.1. The van der Waals surface area contributed by atoms with E-state index in [4.69, 9.17) is 16.7 Å². The van der Waals surface area contributed by atoms with Crippen LogP contribution in [0, 0.1) is 0 Å². The third kappa shape index (κ3) is 5.02. The van der Waals surface area contributed by atoms with E-state index in [2.05, 4.69) is 5.32 Å². The summed E-state index contributed by atoms with van der Waals surface area (Å²) in [5.74, 6) is -0.888. The molecule has 4 nitrogen and oxygen atoms in total. The topological polar surface area (TPSA) is 66.4 Å². The lowest BCUT2D eigenvalue weighted by Crippen LogP contribution is -2.47. The van der Waals surface area contributed by atoms with Crippen LogP contribution in [0.4, 0.5) is 0 Å². The monoisotopic (exact) mass is 323 g/mol. The van der Waals surface area contributed by atoms with Gasteiger partial charge in [0.15, 0.2) is 0 Å². The summed E-state index contributed by atoms with van der Waals surface area (Å²) in [7, 11) is 0. The molecule has 0 spiro atoms. The molecular formula is C17H22ClNO3. The lowest BCUT2D eigenvalue weighted by Gasteiger charge is -2.28. The number of aryl methyl sites for hydroxylation is 1. The summed E-state index contributed by atoms with van der Waals surface area (Å²) in [4.78, 5) is 23.1. The predicted octanol–water partition coefficient (Wildman–Crippen LogP) is 3.57. The Bertz CT molecular complexity index is 521. The van der Waals surface area contributed by atoms with E-state index < -0.39 is 11.5 Å². The number of rotatable bonds is 7. The fourth-order valence-corrected chi connectivity index (χ4v) is 3.28. The van der Waals surface area contributed by atoms with Crippen LogP contribution >= 0.6 is 11.6 Å². The molecule has 0 saturated heterocycles. The first-order valence-corrected chi connectivity index (χ1v) is 8.14. The lowest BCUT2D eigenvalue weighted by molar-refractivity contribution is -0.139. The molecule has 0 atom stereocenters. The standard InChI is InChI=1S/C17H22ClNO3/c18-14-8-6-13(7-9-14)4-3-5-15(20)19-17(12-16(21)22)10-1-2-11-17/h6-9H,1-5,10-12H2,(H,19,20)(H,21,22). The molecule has 1 aliphatic rings. The van der Waals surface area contributed by atoms with Crippen molar-refractivity contribution in [1.82, 2.24) is 5.32 Å². The van der Waals surface area contributed by atoms with Crippen molar-refractivity contribution in [3.8, 4) is 0 Å². The van der Waals surface area contributed by atoms with Crippen LogP contribution in [0.5, 0.6) is 0 Å². The number of carboxylic acids is 1. The normalized spacial score (nSPS) is 16.4. The first-order valence-electron chi connectivity index (χ1n) is 7.76. The minimum atomic E-state index is -0.844. The Kier molecular flexibility index (Phi) is 5.83. The van der Waals surface area contributed by atoms with Crippen LogP contribution in [0.25, 0.3) is 0 Å². The summed E-state index contributed by atoms with van der Waals surface area (Å²) in [5.41, 5.74) is 0.627. The Morgan fingerprint density at radius 1 is 1.18 bits per heavy atom. The maximum absolute atomic E-state index is 12.1. The molecule has 0 aliphatic heterocycles. The van der Waals surface area contributed by atoms with Gasteiger partial charge in [-0.05, 0) is 43.4 Å². The summed E-state index contributed by atoms with van der Waals surface area (Å²) < 4.78 is 0. The minimum absolute atomic E-state index is 0.0237. The van der Waals surface area contributed by atoms with Crippen LogP contribution in [-0.4, -0.2) is 22.5 Å². The second-order valence-electron chi connectivity index (χ2n) is 6.09. The predicted molar refractivity (Wildman–Crippen MR) is 86.0 cm³/mol. The average Bonchev–Trinajstić information content (AvgIpc) is 2.88. The summed E-state index contributed by atoms with van der Waals surface area (Å²) >= 11 is 5.84. The first-order chi connectivity index (χ1) is 10.5. The summed E-state index contributed by atoms with van der Waals surface area (Å²) in [6.45, 7) is 0. The van der Waals surface area contributed by atoms with Gasteiger partial charge in [-0.25, -0.2) is 0 Å². The Hall–Kier alpha value is -1.55. The number of halogens is 1. The molecule has 0 aromatic heterocycles. The Labute approximate surface area is 135 Å². The van der Waals surface area contributed by atoms with E-state index in [-0.39, 0.29) is 12.3 Å². The van der Waals surface area contributed by atoms with Crippen LogP contribution in [-0.2, 0) is 16.0 Å². The molecule has 1 aromatic carbocycles. The van der Waals surface area contributed by atoms with Crippen LogP contribution < -0.4 is 5.32 Å². The molecular weight excluding hydrogens is 302 g/mol. The average molecular weight is 324 g/mol. The molecule has 0 heterocycles. The number of carbonyl (C=O) groups excluding carboxylic acids is 1. The molecule has 5 heteroatoms. The van der Waals surface area contributed by atoms with E-state index in [1.807, 2.05) is 24.3 Å². The lowest BCUT2D eigenvalue weighted by atomic mass is 9.93. The van der Waals surface area contributed by atoms with Gasteiger partial charge in [0.1, 0.15) is 0 Å². The van der Waals surface area contributed by atoms with Crippen molar-refractivity contribution in [1.29, 1.82) is 0 Å². The molecule has 1 fully saturated rings. The number of hydrogen-bond donors (Lipinski definition) is 2. The Balaban J connectivity index is 1.79. The van der Waals surface area contributed by atoms with Gasteiger partial charge in [0.05, 0.1) is 12.0 Å². The molecule has 120 valence electrons. The molecule has 0 bridgehead atoms. The molecule has 0 unspecified atom stereocenters. The molecule has 1 saturated carbocycles. The minimum Gasteiger partial charge on any atom is -0.481 e. The number of carbonyl (C=O) groups is 2. The second-order valence-corrected chi connectivity index (χ2v) is 6.52. The number of carboxylic acid groups (broad SMARTS) is 1. The highest BCUT2D eigenvalue weighted by Crippen LogP contribution is 2.32. The van der Waals surface area contributed by atoms with Gasteiger partial charge in [-0.15, -0.1) is 0 Å². The fourth-order valence-electron chi connectivity index (χ4n) is 3.15. The van der Waals surface area contributed by atoms with Crippen molar-refractivity contribution in [3.05, 3.63) is 34.9 Å². The van der Waals surface area contributed by atoms with E-state index in [9.17, 15) is 9.59 Å². The third-order valence-electron chi connectivity index (χ3n) is 4.24. The van der Waals surface area contributed by atoms with E-state index >= 15 is 0 Å². The van der Waals surface area contributed by atoms with Crippen LogP contribution in [0.15, 0.2) is 24.3 Å². The van der Waals surface area contributed by atoms with E-state index in [1.165, 1.54) is 0 Å². The molecule has 22 heavy (non-hydrogen) atoms. The zero-order valence-corrected chi connectivity index (χ0v) is 13.4. The van der Waals surface area contributed by atoms with Crippen molar-refractivity contribution < 1.29 is 14.7 Å². The fraction of sp³-hybridized carbons (Fsp3) is 0.529. The van der Waals surface area contributed by atoms with E-state index in [0.717, 1.165) is 44.1 Å². The van der Waals surface area contributed by atoms with Crippen molar-refractivity contribution in [3.63, 3.8) is 0 Å². The van der Waals surface area contributed by atoms with Gasteiger partial charge in [0.2, 0.25) is 5.91 Å². The summed E-state index contributed by atoms with van der Waals surface area (Å²) in [5, 5.41) is 12.7. The third-order valence-corrected chi connectivity index (χ3v) is 4.49. The van der Waals surface area contributed by atoms with Crippen molar-refractivity contribution in [2.45, 2.75) is 56.9 Å². The summed E-state index contributed by atoms with van der Waals surface area (Å²) in [6, 6.07) is 7.61. The number of amides is 1. The smallest absolute Gasteiger partial charge is 0.305 e. The first kappa shape index (κ1) is 16.8. The largest absolute Gasteiger partial charge is 0.481 e. The zero-order valence-electron chi connectivity index (χ0n) is 12.6. The van der Waals surface area contributed by atoms with Gasteiger partial charge in [-0.3, -0.25) is 9.59 Å². The van der Waals surface area contributed by atoms with Crippen LogP contribution in [0.2, 0.25) is 5.02 Å². The van der Waals surface area contributed by atoms with Crippen LogP contribution in [0.1, 0.15) is 50.5 Å². The van der Waals surface area contributed by atoms with Crippen molar-refractivity contribution in [2.24, 2.45) is 0 Å². The number of nitrogens with one attached hydrogen (secondary N) is 1. The van der Waals surface area contributed by atoms with Crippen molar-refractivity contribution in [2.75, 3.05) is 0 Å². The summed E-state index contributed by atoms with van der Waals surface area (Å²) in [6.07, 6.45) is 5.51. The second kappa shape index (κ2) is 7.63. The van der Waals surface area contributed by atoms with Gasteiger partial charge < -0.3 is 10.4 Å². The SMILES string of the molecule is O=C(O)CC1(NC(=O)CCCc2ccc(Cl)cc2)CCCC1. The van der Waals surface area contributed by atoms with E-state index in [0.29, 0.717) is 11.4 Å². The zero-order chi connectivity index (χ0) is 16.0. The van der Waals surface area contributed by atoms with Gasteiger partial charge in [0, 0.05) is 11.4 Å². The highest BCUT2D eigenvalue weighted by atomic mass is 35.5. The Morgan fingerprint density at radius 3 is 2.41 bits per heavy atom. The highest BCUT2D eigenvalue weighted by molar-refractivity contribution is 6.30. The molecule has 0 radical (unpaired) electrons. The number of aliphatic carboxylic acids is 1. The van der Waals surface area contributed by atoms with E-state index in [1.54, 1.807) is 0 Å². The highest BCUT2D eigenvalue weighted by Gasteiger charge is 2.37. The molecule has 1 aromatic rings.